The molecular weight excluding hydrogens is 518 g/mol. The number of carboxylic acid groups (broad SMARTS) is 1. The van der Waals surface area contributed by atoms with Crippen LogP contribution in [0.15, 0.2) is 96.0 Å². The number of nitrogens with one attached hydrogen (secondary N) is 3. The summed E-state index contributed by atoms with van der Waals surface area (Å²) in [6.45, 7) is 1.39. The van der Waals surface area contributed by atoms with Crippen LogP contribution in [-0.2, 0) is 11.3 Å². The molecule has 1 fully saturated rings. The molecule has 9 nitrogen and oxygen atoms in total. The molecule has 9 heteroatoms. The first kappa shape index (κ1) is 27.5. The summed E-state index contributed by atoms with van der Waals surface area (Å²) in [7, 11) is 1.76. The van der Waals surface area contributed by atoms with Crippen molar-refractivity contribution in [3.8, 4) is 16.9 Å². The molecule has 1 aliphatic heterocycles. The Morgan fingerprint density at radius 3 is 2.56 bits per heavy atom. The summed E-state index contributed by atoms with van der Waals surface area (Å²) in [5.41, 5.74) is 11.1. The zero-order chi connectivity index (χ0) is 28.9. The number of fused-ring (bicyclic) bond motifs is 1. The van der Waals surface area contributed by atoms with Crippen molar-refractivity contribution in [1.82, 2.24) is 10.2 Å². The van der Waals surface area contributed by atoms with Crippen LogP contribution in [0.4, 0.5) is 5.69 Å². The highest BCUT2D eigenvalue weighted by Crippen LogP contribution is 2.48. The monoisotopic (exact) mass is 551 g/mol. The fourth-order valence-electron chi connectivity index (χ4n) is 5.22. The summed E-state index contributed by atoms with van der Waals surface area (Å²) in [6.07, 6.45) is 3.26. The maximum absolute atomic E-state index is 13.5. The maximum atomic E-state index is 13.5. The predicted molar refractivity (Wildman–Crippen MR) is 159 cm³/mol. The predicted octanol–water partition coefficient (Wildman–Crippen LogP) is 4.44. The van der Waals surface area contributed by atoms with Crippen molar-refractivity contribution in [2.75, 3.05) is 25.5 Å². The number of carbonyl (C=O) groups is 2. The maximum Gasteiger partial charge on any atom is 0.339 e. The third kappa shape index (κ3) is 6.09. The lowest BCUT2D eigenvalue weighted by Gasteiger charge is -2.20. The van der Waals surface area contributed by atoms with Gasteiger partial charge in [0, 0.05) is 66.1 Å². The van der Waals surface area contributed by atoms with Gasteiger partial charge in [-0.3, -0.25) is 4.79 Å². The van der Waals surface area contributed by atoms with Gasteiger partial charge in [0.2, 0.25) is 0 Å². The van der Waals surface area contributed by atoms with Gasteiger partial charge in [0.05, 0.1) is 12.1 Å². The van der Waals surface area contributed by atoms with Gasteiger partial charge in [0.1, 0.15) is 12.4 Å². The van der Waals surface area contributed by atoms with Gasteiger partial charge in [0.25, 0.3) is 5.91 Å². The van der Waals surface area contributed by atoms with Gasteiger partial charge in [0.15, 0.2) is 0 Å². The fraction of sp³-hybridized carbons (Fsp3) is 0.219. The van der Waals surface area contributed by atoms with Gasteiger partial charge in [-0.25, -0.2) is 4.79 Å². The Balaban J connectivity index is 1.39. The van der Waals surface area contributed by atoms with Crippen LogP contribution in [0.5, 0.6) is 5.75 Å². The van der Waals surface area contributed by atoms with Crippen molar-refractivity contribution in [1.29, 1.82) is 5.41 Å². The number of amides is 1. The number of carboxylic acids is 1. The summed E-state index contributed by atoms with van der Waals surface area (Å²) in [6, 6.07) is 22.8. The van der Waals surface area contributed by atoms with Gasteiger partial charge in [-0.05, 0) is 47.9 Å². The zero-order valence-electron chi connectivity index (χ0n) is 22.8. The number of anilines is 1. The number of carbonyl (C=O) groups excluding carboxylic acids is 1. The molecule has 0 aromatic heterocycles. The molecule has 1 saturated carbocycles. The molecule has 1 unspecified atom stereocenters. The van der Waals surface area contributed by atoms with Crippen LogP contribution in [-0.4, -0.2) is 48.3 Å². The van der Waals surface area contributed by atoms with E-state index in [-0.39, 0.29) is 23.3 Å². The van der Waals surface area contributed by atoms with E-state index in [4.69, 9.17) is 15.9 Å². The van der Waals surface area contributed by atoms with E-state index >= 15 is 0 Å². The first-order valence-electron chi connectivity index (χ1n) is 13.5. The number of allylic oxidation sites excluding steroid dienone is 2. The Morgan fingerprint density at radius 1 is 1.05 bits per heavy atom. The van der Waals surface area contributed by atoms with Crippen LogP contribution in [0.3, 0.4) is 0 Å². The van der Waals surface area contributed by atoms with Crippen molar-refractivity contribution in [3.05, 3.63) is 107 Å². The smallest absolute Gasteiger partial charge is 0.339 e. The fourth-order valence-corrected chi connectivity index (χ4v) is 5.22. The van der Waals surface area contributed by atoms with Crippen molar-refractivity contribution in [2.45, 2.75) is 13.0 Å². The third-order valence-electron chi connectivity index (χ3n) is 7.39. The van der Waals surface area contributed by atoms with Crippen molar-refractivity contribution >= 4 is 23.8 Å². The van der Waals surface area contributed by atoms with Gasteiger partial charge >= 0.3 is 5.97 Å². The van der Waals surface area contributed by atoms with E-state index in [1.807, 2.05) is 72.8 Å². The molecule has 3 aromatic carbocycles. The number of hydrogen-bond donors (Lipinski definition) is 5. The van der Waals surface area contributed by atoms with Crippen LogP contribution in [0.25, 0.3) is 11.1 Å². The van der Waals surface area contributed by atoms with E-state index in [9.17, 15) is 14.7 Å². The standard InChI is InChI=1S/C32H33N5O4/c1-35-18-28(34)25-16-26(25)30(27(17-33)32(39)40)36-24-10-5-8-21(15-24)20-7-4-9-22(14-20)31(38)37-12-13-41-29-11-3-2-6-23(29)19-37/h2-11,14-15,17-18,25-26,33,35-36H,12-13,16,19,34H2,1H3,(H,39,40)/b28-18-,30-27+,33-17?/t25?,26-/m1/s1. The Labute approximate surface area is 238 Å². The van der Waals surface area contributed by atoms with E-state index in [0.717, 1.165) is 28.7 Å². The molecule has 0 radical (unpaired) electrons. The number of para-hydroxylation sites is 1. The minimum Gasteiger partial charge on any atom is -0.491 e. The number of hydrogen-bond acceptors (Lipinski definition) is 7. The lowest BCUT2D eigenvalue weighted by Crippen LogP contribution is -2.32. The van der Waals surface area contributed by atoms with Crippen molar-refractivity contribution in [3.63, 3.8) is 0 Å². The Morgan fingerprint density at radius 2 is 1.80 bits per heavy atom. The highest BCUT2D eigenvalue weighted by atomic mass is 16.5. The quantitative estimate of drug-likeness (QED) is 0.196. The van der Waals surface area contributed by atoms with Gasteiger partial charge in [-0.15, -0.1) is 0 Å². The molecule has 1 heterocycles. The highest BCUT2D eigenvalue weighted by molar-refractivity contribution is 6.09. The molecule has 210 valence electrons. The number of nitrogens with two attached hydrogens (primary N) is 1. The van der Waals surface area contributed by atoms with E-state index < -0.39 is 5.97 Å². The number of aliphatic carboxylic acids is 1. The van der Waals surface area contributed by atoms with E-state index in [1.54, 1.807) is 18.1 Å². The molecule has 0 saturated heterocycles. The lowest BCUT2D eigenvalue weighted by molar-refractivity contribution is -0.132. The summed E-state index contributed by atoms with van der Waals surface area (Å²) >= 11 is 0. The molecular formula is C32H33N5O4. The van der Waals surface area contributed by atoms with E-state index in [1.165, 1.54) is 0 Å². The number of ether oxygens (including phenoxy) is 1. The molecule has 2 atom stereocenters. The SMILES string of the molecule is CN/C=C(\N)C1C[C@H]1/C(Nc1cccc(-c2cccc(C(=O)N3CCOc4ccccc4C3)c2)c1)=C(/C=N)C(=O)O. The van der Waals surface area contributed by atoms with E-state index in [0.29, 0.717) is 48.8 Å². The number of rotatable bonds is 9. The summed E-state index contributed by atoms with van der Waals surface area (Å²) in [5, 5.41) is 23.7. The molecule has 6 N–H and O–H groups in total. The van der Waals surface area contributed by atoms with E-state index in [2.05, 4.69) is 10.6 Å². The number of benzene rings is 3. The van der Waals surface area contributed by atoms with Crippen LogP contribution >= 0.6 is 0 Å². The zero-order valence-corrected chi connectivity index (χ0v) is 22.8. The molecule has 0 bridgehead atoms. The molecule has 3 aromatic rings. The molecule has 0 spiro atoms. The molecule has 5 rings (SSSR count). The molecule has 1 aliphatic carbocycles. The van der Waals surface area contributed by atoms with Crippen LogP contribution < -0.4 is 21.1 Å². The Kier molecular flexibility index (Phi) is 8.05. The third-order valence-corrected chi connectivity index (χ3v) is 7.39. The number of nitrogens with zero attached hydrogens (tertiary/aromatic N) is 1. The molecule has 1 amide bonds. The first-order valence-corrected chi connectivity index (χ1v) is 13.5. The van der Waals surface area contributed by atoms with Crippen molar-refractivity contribution < 1.29 is 19.4 Å². The normalized spacial score (nSPS) is 18.7. The first-order chi connectivity index (χ1) is 19.9. The average Bonchev–Trinajstić information content (AvgIpc) is 3.80. The minimum atomic E-state index is -1.17. The molecule has 41 heavy (non-hydrogen) atoms. The largest absolute Gasteiger partial charge is 0.491 e. The summed E-state index contributed by atoms with van der Waals surface area (Å²) < 4.78 is 5.83. The van der Waals surface area contributed by atoms with Crippen LogP contribution in [0.1, 0.15) is 22.3 Å². The topological polar surface area (TPSA) is 141 Å². The van der Waals surface area contributed by atoms with Crippen molar-refractivity contribution in [2.24, 2.45) is 17.6 Å². The average molecular weight is 552 g/mol. The van der Waals surface area contributed by atoms with Gasteiger partial charge in [-0.2, -0.15) is 0 Å². The van der Waals surface area contributed by atoms with Gasteiger partial charge in [-0.1, -0.05) is 42.5 Å². The Bertz CT molecular complexity index is 1550. The van der Waals surface area contributed by atoms with Gasteiger partial charge < -0.3 is 36.5 Å². The molecule has 2 aliphatic rings. The highest BCUT2D eigenvalue weighted by Gasteiger charge is 2.43. The minimum absolute atomic E-state index is 0.0125. The second-order valence-corrected chi connectivity index (χ2v) is 10.1. The van der Waals surface area contributed by atoms with Crippen LogP contribution in [0, 0.1) is 17.2 Å². The summed E-state index contributed by atoms with van der Waals surface area (Å²) in [4.78, 5) is 27.3. The second kappa shape index (κ2) is 12.0. The lowest BCUT2D eigenvalue weighted by atomic mass is 10.0. The second-order valence-electron chi connectivity index (χ2n) is 10.1. The summed E-state index contributed by atoms with van der Waals surface area (Å²) in [5.74, 6) is -0.591. The van der Waals surface area contributed by atoms with Crippen LogP contribution in [0.2, 0.25) is 0 Å². The Hall–Kier alpha value is -5.05.